The molecule has 1 aromatic carbocycles. The Kier molecular flexibility index (Phi) is 8.85. The lowest BCUT2D eigenvalue weighted by molar-refractivity contribution is -0.149. The molecule has 2 atom stereocenters. The summed E-state index contributed by atoms with van der Waals surface area (Å²) in [6.45, 7) is 23.9. The Morgan fingerprint density at radius 1 is 1.12 bits per heavy atom. The number of hydrogen-bond donors (Lipinski definition) is 0. The minimum absolute atomic E-state index is 0.0125. The number of carbonyl (C=O) groups is 2. The number of ether oxygens (including phenoxy) is 3. The van der Waals surface area contributed by atoms with Crippen LogP contribution in [0.5, 0.6) is 11.5 Å². The second-order valence-electron chi connectivity index (χ2n) is 14.5. The molecule has 3 aliphatic rings. The molecule has 2 aliphatic heterocycles. The molecule has 8 heteroatoms. The van der Waals surface area contributed by atoms with Gasteiger partial charge in [-0.3, -0.25) is 14.5 Å². The van der Waals surface area contributed by atoms with Crippen LogP contribution in [0, 0.1) is 5.92 Å². The van der Waals surface area contributed by atoms with Crippen LogP contribution in [0.2, 0.25) is 18.1 Å². The van der Waals surface area contributed by atoms with Gasteiger partial charge in [0.05, 0.1) is 25.2 Å². The van der Waals surface area contributed by atoms with Crippen LogP contribution in [-0.4, -0.2) is 70.0 Å². The highest BCUT2D eigenvalue weighted by molar-refractivity contribution is 6.74. The van der Waals surface area contributed by atoms with Crippen LogP contribution in [0.25, 0.3) is 0 Å². The number of morpholine rings is 1. The molecule has 2 fully saturated rings. The number of rotatable bonds is 8. The average Bonchev–Trinajstić information content (AvgIpc) is 2.85. The Morgan fingerprint density at radius 3 is 2.45 bits per heavy atom. The van der Waals surface area contributed by atoms with Gasteiger partial charge in [-0.05, 0) is 76.4 Å². The number of fused-ring (bicyclic) bond motifs is 3. The number of Topliss-reactive ketones (excluding diaryl/α,β-unsaturated/α-hetero) is 1. The standard InChI is InChI=1S/C32H51NO6Si/c1-30(2,3)40(8,9)39-27-20-22(31(4,5)29(35)37-16-10-13-33-14-17-36-18-15-33)19-26-28(27)24-21-23(34)11-12-25(24)32(6,7)38-26/h19-20,24-25H,10-18,21H2,1-9H3/t24-,25-/m1/s1. The van der Waals surface area contributed by atoms with Gasteiger partial charge in [0.1, 0.15) is 22.9 Å². The second-order valence-corrected chi connectivity index (χ2v) is 19.2. The van der Waals surface area contributed by atoms with Gasteiger partial charge >= 0.3 is 5.97 Å². The fourth-order valence-corrected chi connectivity index (χ4v) is 7.03. The summed E-state index contributed by atoms with van der Waals surface area (Å²) in [5, 5.41) is -0.0125. The van der Waals surface area contributed by atoms with Gasteiger partial charge in [-0.25, -0.2) is 0 Å². The first kappa shape index (κ1) is 31.0. The van der Waals surface area contributed by atoms with E-state index in [-0.39, 0.29) is 22.8 Å². The Morgan fingerprint density at radius 2 is 1.80 bits per heavy atom. The summed E-state index contributed by atoms with van der Waals surface area (Å²) >= 11 is 0. The Balaban J connectivity index is 1.65. The average molecular weight is 574 g/mol. The molecule has 0 bridgehead atoms. The van der Waals surface area contributed by atoms with Crippen LogP contribution in [0.1, 0.15) is 91.2 Å². The van der Waals surface area contributed by atoms with E-state index in [1.165, 1.54) is 0 Å². The molecule has 0 amide bonds. The van der Waals surface area contributed by atoms with E-state index in [0.717, 1.165) is 68.3 Å². The molecular weight excluding hydrogens is 522 g/mol. The first-order chi connectivity index (χ1) is 18.5. The molecule has 4 rings (SSSR count). The number of benzene rings is 1. The third-order valence-corrected chi connectivity index (χ3v) is 14.1. The van der Waals surface area contributed by atoms with Gasteiger partial charge in [0.15, 0.2) is 0 Å². The number of hydrogen-bond acceptors (Lipinski definition) is 7. The van der Waals surface area contributed by atoms with Gasteiger partial charge in [-0.2, -0.15) is 0 Å². The van der Waals surface area contributed by atoms with E-state index in [0.29, 0.717) is 25.2 Å². The molecule has 40 heavy (non-hydrogen) atoms. The van der Waals surface area contributed by atoms with Crippen LogP contribution in [0.15, 0.2) is 12.1 Å². The van der Waals surface area contributed by atoms with Crippen molar-refractivity contribution in [1.29, 1.82) is 0 Å². The molecule has 0 N–H and O–H groups in total. The Bertz CT molecular complexity index is 1100. The monoisotopic (exact) mass is 573 g/mol. The van der Waals surface area contributed by atoms with Gasteiger partial charge in [0.25, 0.3) is 0 Å². The zero-order valence-electron chi connectivity index (χ0n) is 26.3. The summed E-state index contributed by atoms with van der Waals surface area (Å²) in [5.41, 5.74) is 0.497. The van der Waals surface area contributed by atoms with E-state index >= 15 is 0 Å². The van der Waals surface area contributed by atoms with Crippen LogP contribution >= 0.6 is 0 Å². The largest absolute Gasteiger partial charge is 0.543 e. The summed E-state index contributed by atoms with van der Waals surface area (Å²) in [7, 11) is -2.24. The van der Waals surface area contributed by atoms with Gasteiger partial charge in [0, 0.05) is 49.9 Å². The van der Waals surface area contributed by atoms with E-state index in [1.54, 1.807) is 0 Å². The van der Waals surface area contributed by atoms with E-state index < -0.39 is 19.3 Å². The third-order valence-electron chi connectivity index (χ3n) is 9.77. The molecule has 2 heterocycles. The van der Waals surface area contributed by atoms with Crippen molar-refractivity contribution in [3.8, 4) is 11.5 Å². The maximum absolute atomic E-state index is 13.5. The van der Waals surface area contributed by atoms with Crippen LogP contribution in [0.4, 0.5) is 0 Å². The minimum Gasteiger partial charge on any atom is -0.543 e. The topological polar surface area (TPSA) is 74.3 Å². The summed E-state index contributed by atoms with van der Waals surface area (Å²) in [5.74, 6) is 1.83. The molecule has 0 radical (unpaired) electrons. The minimum atomic E-state index is -2.24. The molecule has 0 spiro atoms. The van der Waals surface area contributed by atoms with Crippen molar-refractivity contribution in [2.24, 2.45) is 5.92 Å². The fourth-order valence-electron chi connectivity index (χ4n) is 6.00. The maximum Gasteiger partial charge on any atom is 0.315 e. The third kappa shape index (κ3) is 6.44. The van der Waals surface area contributed by atoms with Crippen LogP contribution < -0.4 is 9.16 Å². The zero-order valence-corrected chi connectivity index (χ0v) is 27.3. The molecule has 0 aromatic heterocycles. The molecule has 224 valence electrons. The summed E-state index contributed by atoms with van der Waals surface area (Å²) in [6, 6.07) is 4.03. The lowest BCUT2D eigenvalue weighted by Crippen LogP contribution is -2.48. The van der Waals surface area contributed by atoms with Crippen molar-refractivity contribution in [1.82, 2.24) is 4.90 Å². The van der Waals surface area contributed by atoms with E-state index in [1.807, 2.05) is 26.0 Å². The van der Waals surface area contributed by atoms with Crippen LogP contribution in [-0.2, 0) is 24.5 Å². The van der Waals surface area contributed by atoms with E-state index in [2.05, 4.69) is 52.6 Å². The van der Waals surface area contributed by atoms with Gasteiger partial charge in [-0.1, -0.05) is 20.8 Å². The van der Waals surface area contributed by atoms with E-state index in [9.17, 15) is 9.59 Å². The highest BCUT2D eigenvalue weighted by atomic mass is 28.4. The molecular formula is C32H51NO6Si. The molecule has 0 unspecified atom stereocenters. The van der Waals surface area contributed by atoms with Crippen molar-refractivity contribution >= 4 is 20.1 Å². The summed E-state index contributed by atoms with van der Waals surface area (Å²) in [4.78, 5) is 28.5. The van der Waals surface area contributed by atoms with Crippen molar-refractivity contribution in [3.05, 3.63) is 23.3 Å². The lowest BCUT2D eigenvalue weighted by atomic mass is 9.66. The Hall–Kier alpha value is -1.90. The molecule has 1 aliphatic carbocycles. The van der Waals surface area contributed by atoms with Gasteiger partial charge in [-0.15, -0.1) is 0 Å². The fraction of sp³-hybridized carbons (Fsp3) is 0.750. The SMILES string of the molecule is CC(C)(C(=O)OCCCN1CCOCC1)c1cc2c(c(O[Si](C)(C)C(C)(C)C)c1)[C@@H]1CC(=O)CC[C@H]1C(C)(C)O2. The number of carbonyl (C=O) groups excluding carboxylic acids is 2. The number of nitrogens with zero attached hydrogens (tertiary/aromatic N) is 1. The lowest BCUT2D eigenvalue weighted by Gasteiger charge is -2.48. The van der Waals surface area contributed by atoms with Crippen molar-refractivity contribution in [3.63, 3.8) is 0 Å². The first-order valence-corrected chi connectivity index (χ1v) is 18.0. The number of esters is 1. The van der Waals surface area contributed by atoms with Crippen molar-refractivity contribution in [2.45, 2.75) is 109 Å². The van der Waals surface area contributed by atoms with Gasteiger partial charge in [0.2, 0.25) is 8.32 Å². The maximum atomic E-state index is 13.5. The van der Waals surface area contributed by atoms with Crippen molar-refractivity contribution < 1.29 is 28.2 Å². The van der Waals surface area contributed by atoms with Gasteiger partial charge < -0.3 is 18.6 Å². The predicted octanol–water partition coefficient (Wildman–Crippen LogP) is 6.24. The zero-order chi connectivity index (χ0) is 29.5. The smallest absolute Gasteiger partial charge is 0.315 e. The van der Waals surface area contributed by atoms with Crippen molar-refractivity contribution in [2.75, 3.05) is 39.5 Å². The molecule has 1 saturated carbocycles. The first-order valence-electron chi connectivity index (χ1n) is 15.1. The van der Waals surface area contributed by atoms with Crippen LogP contribution in [0.3, 0.4) is 0 Å². The predicted molar refractivity (Wildman–Crippen MR) is 160 cm³/mol. The highest BCUT2D eigenvalue weighted by Gasteiger charge is 2.49. The normalized spacial score (nSPS) is 23.6. The van der Waals surface area contributed by atoms with E-state index in [4.69, 9.17) is 18.6 Å². The summed E-state index contributed by atoms with van der Waals surface area (Å²) in [6.07, 6.45) is 2.72. The Labute approximate surface area is 242 Å². The number of ketones is 1. The molecule has 1 saturated heterocycles. The second kappa shape index (κ2) is 11.4. The molecule has 7 nitrogen and oxygen atoms in total. The highest BCUT2D eigenvalue weighted by Crippen LogP contribution is 2.55. The molecule has 1 aromatic rings. The quantitative estimate of drug-likeness (QED) is 0.207. The summed E-state index contributed by atoms with van der Waals surface area (Å²) < 4.78 is 24.9.